The van der Waals surface area contributed by atoms with Gasteiger partial charge in [0.05, 0.1) is 0 Å². The van der Waals surface area contributed by atoms with E-state index in [1.165, 1.54) is 11.6 Å². The summed E-state index contributed by atoms with van der Waals surface area (Å²) < 4.78 is 2.91. The number of nitrogens with zero attached hydrogens (tertiary/aromatic N) is 2. The van der Waals surface area contributed by atoms with Crippen molar-refractivity contribution in [2.45, 2.75) is 18.9 Å². The zero-order valence-electron chi connectivity index (χ0n) is 7.36. The molecule has 2 unspecified atom stereocenters. The maximum atomic E-state index is 11.6. The van der Waals surface area contributed by atoms with Gasteiger partial charge in [0.1, 0.15) is 0 Å². The smallest absolute Gasteiger partial charge is 0.297 e. The van der Waals surface area contributed by atoms with Crippen LogP contribution in [-0.2, 0) is 13.6 Å². The van der Waals surface area contributed by atoms with Crippen LogP contribution in [0.15, 0.2) is 15.7 Å². The summed E-state index contributed by atoms with van der Waals surface area (Å²) in [6, 6.07) is 1.61. The summed E-state index contributed by atoms with van der Waals surface area (Å²) in [6.45, 7) is 0.812. The molecule has 4 nitrogen and oxygen atoms in total. The molecule has 0 amide bonds. The lowest BCUT2D eigenvalue weighted by atomic mass is 10.3. The number of aromatic nitrogens is 2. The van der Waals surface area contributed by atoms with Crippen LogP contribution in [-0.4, -0.2) is 9.13 Å². The van der Waals surface area contributed by atoms with Crippen LogP contribution in [0.4, 0.5) is 0 Å². The fourth-order valence-electron chi connectivity index (χ4n) is 2.22. The molecule has 2 heterocycles. The van der Waals surface area contributed by atoms with Crippen molar-refractivity contribution in [2.75, 3.05) is 0 Å². The lowest BCUT2D eigenvalue weighted by molar-refractivity contribution is 0.587. The minimum atomic E-state index is -0.177. The Morgan fingerprint density at radius 2 is 2.23 bits per heavy atom. The lowest BCUT2D eigenvalue weighted by Crippen LogP contribution is -2.38. The standard InChI is InChI=1S/C9H10N2O2/c1-10-8(12)3-7-6-2-5(6)4-11(7)9(10)13/h3,5-6H,2,4H2,1H3. The Morgan fingerprint density at radius 1 is 1.46 bits per heavy atom. The third-order valence-corrected chi connectivity index (χ3v) is 3.15. The molecule has 0 N–H and O–H groups in total. The molecule has 0 saturated heterocycles. The fraction of sp³-hybridized carbons (Fsp3) is 0.556. The Balaban J connectivity index is 2.39. The Morgan fingerprint density at radius 3 is 3.00 bits per heavy atom. The van der Waals surface area contributed by atoms with Crippen LogP contribution >= 0.6 is 0 Å². The number of hydrogen-bond donors (Lipinski definition) is 0. The van der Waals surface area contributed by atoms with E-state index in [2.05, 4.69) is 0 Å². The summed E-state index contributed by atoms with van der Waals surface area (Å²) >= 11 is 0. The van der Waals surface area contributed by atoms with E-state index in [4.69, 9.17) is 0 Å². The van der Waals surface area contributed by atoms with Crippen LogP contribution in [0.2, 0.25) is 0 Å². The van der Waals surface area contributed by atoms with E-state index in [1.54, 1.807) is 10.6 Å². The van der Waals surface area contributed by atoms with Gasteiger partial charge in [-0.1, -0.05) is 0 Å². The molecule has 2 aliphatic rings. The first-order valence-electron chi connectivity index (χ1n) is 4.49. The first kappa shape index (κ1) is 7.12. The van der Waals surface area contributed by atoms with E-state index in [-0.39, 0.29) is 11.2 Å². The summed E-state index contributed by atoms with van der Waals surface area (Å²) in [5.74, 6) is 1.14. The summed E-state index contributed by atoms with van der Waals surface area (Å²) in [6.07, 6.45) is 1.16. The van der Waals surface area contributed by atoms with Crippen molar-refractivity contribution < 1.29 is 0 Å². The molecule has 3 rings (SSSR count). The van der Waals surface area contributed by atoms with Gasteiger partial charge in [-0.25, -0.2) is 4.79 Å². The van der Waals surface area contributed by atoms with Crippen molar-refractivity contribution in [3.8, 4) is 0 Å². The lowest BCUT2D eigenvalue weighted by Gasteiger charge is -2.06. The Hall–Kier alpha value is -1.32. The van der Waals surface area contributed by atoms with Gasteiger partial charge < -0.3 is 0 Å². The molecule has 1 aliphatic heterocycles. The third kappa shape index (κ3) is 0.753. The van der Waals surface area contributed by atoms with Gasteiger partial charge in [-0.3, -0.25) is 13.9 Å². The SMILES string of the molecule is Cn1c(=O)cc2n(c1=O)CC1CC21. The van der Waals surface area contributed by atoms with Crippen molar-refractivity contribution >= 4 is 0 Å². The average molecular weight is 178 g/mol. The van der Waals surface area contributed by atoms with Crippen molar-refractivity contribution in [3.05, 3.63) is 32.6 Å². The molecule has 68 valence electrons. The Bertz CT molecular complexity index is 497. The molecule has 1 aromatic heterocycles. The number of hydrogen-bond acceptors (Lipinski definition) is 2. The second kappa shape index (κ2) is 1.95. The van der Waals surface area contributed by atoms with Crippen molar-refractivity contribution in [1.82, 2.24) is 9.13 Å². The van der Waals surface area contributed by atoms with E-state index in [1.807, 2.05) is 0 Å². The normalized spacial score (nSPS) is 28.4. The number of rotatable bonds is 0. The topological polar surface area (TPSA) is 44.0 Å². The van der Waals surface area contributed by atoms with Crippen LogP contribution < -0.4 is 11.2 Å². The molecule has 0 bridgehead atoms. The minimum absolute atomic E-state index is 0.158. The van der Waals surface area contributed by atoms with Crippen LogP contribution in [0.1, 0.15) is 18.0 Å². The van der Waals surface area contributed by atoms with Gasteiger partial charge in [0.25, 0.3) is 5.56 Å². The predicted molar refractivity (Wildman–Crippen MR) is 46.8 cm³/mol. The van der Waals surface area contributed by atoms with Gasteiger partial charge in [-0.15, -0.1) is 0 Å². The molecule has 2 atom stereocenters. The largest absolute Gasteiger partial charge is 0.330 e. The summed E-state index contributed by atoms with van der Waals surface area (Å²) in [5, 5.41) is 0. The first-order valence-corrected chi connectivity index (χ1v) is 4.49. The number of fused-ring (bicyclic) bond motifs is 3. The molecule has 1 aromatic rings. The van der Waals surface area contributed by atoms with Crippen LogP contribution in [0.5, 0.6) is 0 Å². The molecule has 0 spiro atoms. The van der Waals surface area contributed by atoms with E-state index < -0.39 is 0 Å². The second-order valence-electron chi connectivity index (χ2n) is 3.96. The average Bonchev–Trinajstić information content (AvgIpc) is 2.79. The predicted octanol–water partition coefficient (Wildman–Crippen LogP) is -0.336. The summed E-state index contributed by atoms with van der Waals surface area (Å²) in [4.78, 5) is 22.9. The molecule has 4 heteroatoms. The highest BCUT2D eigenvalue weighted by Gasteiger charge is 2.46. The highest BCUT2D eigenvalue weighted by molar-refractivity contribution is 5.22. The highest BCUT2D eigenvalue weighted by Crippen LogP contribution is 2.52. The van der Waals surface area contributed by atoms with Gasteiger partial charge in [0.2, 0.25) is 0 Å². The van der Waals surface area contributed by atoms with Crippen molar-refractivity contribution in [1.29, 1.82) is 0 Å². The van der Waals surface area contributed by atoms with Gasteiger partial charge in [0, 0.05) is 31.3 Å². The third-order valence-electron chi connectivity index (χ3n) is 3.15. The minimum Gasteiger partial charge on any atom is -0.297 e. The first-order chi connectivity index (χ1) is 6.18. The Labute approximate surface area is 74.4 Å². The molecule has 0 aromatic carbocycles. The zero-order valence-corrected chi connectivity index (χ0v) is 7.36. The van der Waals surface area contributed by atoms with E-state index in [0.717, 1.165) is 18.7 Å². The van der Waals surface area contributed by atoms with Gasteiger partial charge in [0.15, 0.2) is 0 Å². The maximum Gasteiger partial charge on any atom is 0.330 e. The van der Waals surface area contributed by atoms with E-state index >= 15 is 0 Å². The van der Waals surface area contributed by atoms with Crippen LogP contribution in [0.3, 0.4) is 0 Å². The van der Waals surface area contributed by atoms with Crippen LogP contribution in [0, 0.1) is 5.92 Å². The van der Waals surface area contributed by atoms with Gasteiger partial charge in [-0.2, -0.15) is 0 Å². The summed E-state index contributed by atoms with van der Waals surface area (Å²) in [7, 11) is 1.53. The monoisotopic (exact) mass is 178 g/mol. The van der Waals surface area contributed by atoms with Gasteiger partial charge in [-0.05, 0) is 12.3 Å². The highest BCUT2D eigenvalue weighted by atomic mass is 16.2. The molecular weight excluding hydrogens is 168 g/mol. The molecule has 1 saturated carbocycles. The van der Waals surface area contributed by atoms with Gasteiger partial charge >= 0.3 is 5.69 Å². The molecule has 1 aliphatic carbocycles. The Kier molecular flexibility index (Phi) is 1.07. The zero-order chi connectivity index (χ0) is 9.16. The quantitative estimate of drug-likeness (QED) is 0.545. The van der Waals surface area contributed by atoms with Crippen molar-refractivity contribution in [3.63, 3.8) is 0 Å². The van der Waals surface area contributed by atoms with E-state index in [9.17, 15) is 9.59 Å². The van der Waals surface area contributed by atoms with Crippen molar-refractivity contribution in [2.24, 2.45) is 13.0 Å². The van der Waals surface area contributed by atoms with Crippen LogP contribution in [0.25, 0.3) is 0 Å². The molecule has 0 radical (unpaired) electrons. The summed E-state index contributed by atoms with van der Waals surface area (Å²) in [5.41, 5.74) is 0.622. The maximum absolute atomic E-state index is 11.6. The second-order valence-corrected chi connectivity index (χ2v) is 3.96. The van der Waals surface area contributed by atoms with E-state index in [0.29, 0.717) is 11.8 Å². The molecule has 1 fully saturated rings. The molecule has 13 heavy (non-hydrogen) atoms. The molecular formula is C9H10N2O2. The fourth-order valence-corrected chi connectivity index (χ4v) is 2.22.